The first-order valence-corrected chi connectivity index (χ1v) is 10.8. The van der Waals surface area contributed by atoms with Crippen LogP contribution in [0, 0.1) is 0 Å². The van der Waals surface area contributed by atoms with E-state index < -0.39 is 0 Å². The molecule has 1 aliphatic carbocycles. The molecule has 0 saturated carbocycles. The minimum atomic E-state index is 0.362. The first kappa shape index (κ1) is 18.3. The molecule has 0 spiro atoms. The summed E-state index contributed by atoms with van der Waals surface area (Å²) in [6, 6.07) is 19.5. The maximum absolute atomic E-state index is 4.92. The van der Waals surface area contributed by atoms with Gasteiger partial charge in [0.15, 0.2) is 0 Å². The Hall–Kier alpha value is -2.72. The third-order valence-electron chi connectivity index (χ3n) is 6.24. The number of rotatable bonds is 5. The molecule has 0 radical (unpaired) electrons. The first-order chi connectivity index (χ1) is 14.4. The van der Waals surface area contributed by atoms with Crippen molar-refractivity contribution in [2.75, 3.05) is 31.5 Å². The van der Waals surface area contributed by atoms with Gasteiger partial charge in [0.25, 0.3) is 0 Å². The Morgan fingerprint density at radius 1 is 0.931 bits per heavy atom. The van der Waals surface area contributed by atoms with Crippen molar-refractivity contribution in [3.8, 4) is 11.3 Å². The predicted molar refractivity (Wildman–Crippen MR) is 118 cm³/mol. The summed E-state index contributed by atoms with van der Waals surface area (Å²) < 4.78 is 0. The number of aromatic nitrogens is 2. The van der Waals surface area contributed by atoms with Crippen LogP contribution >= 0.6 is 0 Å². The smallest absolute Gasteiger partial charge is 0.223 e. The second-order valence-corrected chi connectivity index (χ2v) is 8.15. The molecule has 1 saturated heterocycles. The Balaban J connectivity index is 1.37. The van der Waals surface area contributed by atoms with Gasteiger partial charge in [0.2, 0.25) is 5.95 Å². The summed E-state index contributed by atoms with van der Waals surface area (Å²) in [6.45, 7) is 4.40. The number of nitrogens with one attached hydrogen (secondary N) is 1. The first-order valence-electron chi connectivity index (χ1n) is 10.8. The van der Waals surface area contributed by atoms with Crippen LogP contribution < -0.4 is 5.32 Å². The number of benzene rings is 2. The van der Waals surface area contributed by atoms with E-state index in [1.54, 1.807) is 0 Å². The van der Waals surface area contributed by atoms with Crippen LogP contribution in [0.2, 0.25) is 0 Å². The molecule has 0 bridgehead atoms. The summed E-state index contributed by atoms with van der Waals surface area (Å²) in [7, 11) is 0. The van der Waals surface area contributed by atoms with E-state index in [1.807, 2.05) is 6.20 Å². The largest absolute Gasteiger partial charge is 0.353 e. The fraction of sp³-hybridized carbons (Fsp3) is 0.360. The van der Waals surface area contributed by atoms with Crippen LogP contribution in [0.5, 0.6) is 0 Å². The Kier molecular flexibility index (Phi) is 5.27. The number of likely N-dealkylation sites (tertiary alicyclic amines) is 1. The lowest BCUT2D eigenvalue weighted by atomic mass is 9.78. The number of anilines is 1. The lowest BCUT2D eigenvalue weighted by Crippen LogP contribution is -2.33. The monoisotopic (exact) mass is 384 g/mol. The van der Waals surface area contributed by atoms with E-state index in [4.69, 9.17) is 4.98 Å². The Morgan fingerprint density at radius 3 is 2.59 bits per heavy atom. The van der Waals surface area contributed by atoms with Gasteiger partial charge in [-0.3, -0.25) is 0 Å². The molecule has 5 rings (SSSR count). The minimum Gasteiger partial charge on any atom is -0.353 e. The summed E-state index contributed by atoms with van der Waals surface area (Å²) in [4.78, 5) is 12.1. The lowest BCUT2D eigenvalue weighted by molar-refractivity contribution is 0.237. The third kappa shape index (κ3) is 3.90. The summed E-state index contributed by atoms with van der Waals surface area (Å²) in [5.41, 5.74) is 6.28. The molecule has 1 N–H and O–H groups in total. The molecule has 1 fully saturated rings. The number of hydrogen-bond acceptors (Lipinski definition) is 4. The van der Waals surface area contributed by atoms with E-state index in [2.05, 4.69) is 69.8 Å². The van der Waals surface area contributed by atoms with Crippen LogP contribution in [0.3, 0.4) is 0 Å². The van der Waals surface area contributed by atoms with E-state index in [0.29, 0.717) is 5.92 Å². The molecule has 2 heterocycles. The Morgan fingerprint density at radius 2 is 1.72 bits per heavy atom. The van der Waals surface area contributed by atoms with Crippen molar-refractivity contribution in [1.82, 2.24) is 14.9 Å². The van der Waals surface area contributed by atoms with Gasteiger partial charge in [0.05, 0.1) is 5.69 Å². The molecule has 3 aromatic rings. The summed E-state index contributed by atoms with van der Waals surface area (Å²) in [5.74, 6) is 1.11. The highest BCUT2D eigenvalue weighted by molar-refractivity contribution is 5.72. The number of nitrogens with zero attached hydrogens (tertiary/aromatic N) is 3. The van der Waals surface area contributed by atoms with E-state index in [1.165, 1.54) is 54.6 Å². The molecule has 4 nitrogen and oxygen atoms in total. The van der Waals surface area contributed by atoms with Crippen LogP contribution in [-0.2, 0) is 6.42 Å². The predicted octanol–water partition coefficient (Wildman–Crippen LogP) is 4.73. The topological polar surface area (TPSA) is 41.1 Å². The second-order valence-electron chi connectivity index (χ2n) is 8.15. The highest BCUT2D eigenvalue weighted by Crippen LogP contribution is 2.41. The van der Waals surface area contributed by atoms with Crippen molar-refractivity contribution >= 4 is 5.95 Å². The molecule has 29 heavy (non-hydrogen) atoms. The van der Waals surface area contributed by atoms with Gasteiger partial charge < -0.3 is 10.2 Å². The Bertz CT molecular complexity index is 964. The van der Waals surface area contributed by atoms with Crippen molar-refractivity contribution in [1.29, 1.82) is 0 Å². The van der Waals surface area contributed by atoms with E-state index in [-0.39, 0.29) is 0 Å². The third-order valence-corrected chi connectivity index (χ3v) is 6.24. The molecule has 1 unspecified atom stereocenters. The van der Waals surface area contributed by atoms with Crippen molar-refractivity contribution in [3.63, 3.8) is 0 Å². The molecule has 1 aliphatic heterocycles. The van der Waals surface area contributed by atoms with Gasteiger partial charge in [-0.15, -0.1) is 0 Å². The van der Waals surface area contributed by atoms with Crippen LogP contribution in [0.1, 0.15) is 41.9 Å². The zero-order chi connectivity index (χ0) is 19.5. The molecule has 4 heteroatoms. The van der Waals surface area contributed by atoms with Gasteiger partial charge >= 0.3 is 0 Å². The average molecular weight is 385 g/mol. The van der Waals surface area contributed by atoms with Crippen molar-refractivity contribution in [2.45, 2.75) is 31.6 Å². The lowest BCUT2D eigenvalue weighted by Gasteiger charge is -2.28. The molecule has 148 valence electrons. The molecule has 1 atom stereocenters. The summed E-state index contributed by atoms with van der Waals surface area (Å²) >= 11 is 0. The quantitative estimate of drug-likeness (QED) is 0.690. The zero-order valence-corrected chi connectivity index (χ0v) is 16.8. The highest BCUT2D eigenvalue weighted by Gasteiger charge is 2.27. The van der Waals surface area contributed by atoms with Crippen molar-refractivity contribution in [3.05, 3.63) is 77.5 Å². The fourth-order valence-corrected chi connectivity index (χ4v) is 4.71. The van der Waals surface area contributed by atoms with Gasteiger partial charge in [0, 0.05) is 30.8 Å². The molecule has 1 aromatic heterocycles. The van der Waals surface area contributed by atoms with Gasteiger partial charge in [-0.25, -0.2) is 9.97 Å². The maximum atomic E-state index is 4.92. The van der Waals surface area contributed by atoms with Gasteiger partial charge in [-0.1, -0.05) is 61.0 Å². The average Bonchev–Trinajstić information content (AvgIpc) is 2.80. The SMILES string of the molecule is c1ccc(C2Cc3cnc(NCCN4CCCCC4)nc3-c3ccccc32)cc1. The van der Waals surface area contributed by atoms with E-state index in [9.17, 15) is 0 Å². The standard InChI is InChI=1S/C25H28N4/c1-3-9-19(10-4-1)23-17-20-18-27-25(26-13-16-29-14-7-2-8-15-29)28-24(20)22-12-6-5-11-21(22)23/h1,3-6,9-12,18,23H,2,7-8,13-17H2,(H,26,27,28). The van der Waals surface area contributed by atoms with Crippen LogP contribution in [0.15, 0.2) is 60.8 Å². The van der Waals surface area contributed by atoms with Gasteiger partial charge in [-0.2, -0.15) is 0 Å². The Labute approximate surface area is 173 Å². The molecule has 0 amide bonds. The zero-order valence-electron chi connectivity index (χ0n) is 16.8. The summed E-state index contributed by atoms with van der Waals surface area (Å²) in [5, 5.41) is 3.45. The number of hydrogen-bond donors (Lipinski definition) is 1. The molecular formula is C25H28N4. The second kappa shape index (κ2) is 8.34. The van der Waals surface area contributed by atoms with Crippen LogP contribution in [-0.4, -0.2) is 41.0 Å². The van der Waals surface area contributed by atoms with E-state index >= 15 is 0 Å². The highest BCUT2D eigenvalue weighted by atomic mass is 15.2. The van der Waals surface area contributed by atoms with Gasteiger partial charge in [0.1, 0.15) is 0 Å². The molecule has 2 aliphatic rings. The fourth-order valence-electron chi connectivity index (χ4n) is 4.71. The summed E-state index contributed by atoms with van der Waals surface area (Å²) in [6.07, 6.45) is 7.01. The van der Waals surface area contributed by atoms with Crippen molar-refractivity contribution in [2.24, 2.45) is 0 Å². The maximum Gasteiger partial charge on any atom is 0.223 e. The normalized spacial score (nSPS) is 18.7. The molecule has 2 aromatic carbocycles. The van der Waals surface area contributed by atoms with Crippen LogP contribution in [0.4, 0.5) is 5.95 Å². The van der Waals surface area contributed by atoms with Crippen molar-refractivity contribution < 1.29 is 0 Å². The van der Waals surface area contributed by atoms with Gasteiger partial charge in [-0.05, 0) is 49.0 Å². The number of fused-ring (bicyclic) bond motifs is 3. The number of piperidine rings is 1. The minimum absolute atomic E-state index is 0.362. The van der Waals surface area contributed by atoms with Crippen LogP contribution in [0.25, 0.3) is 11.3 Å². The molecular weight excluding hydrogens is 356 g/mol. The van der Waals surface area contributed by atoms with E-state index in [0.717, 1.165) is 31.2 Å².